The van der Waals surface area contributed by atoms with E-state index in [9.17, 15) is 4.79 Å². The summed E-state index contributed by atoms with van der Waals surface area (Å²) in [5, 5.41) is 3.67. The Balaban J connectivity index is 1.84. The van der Waals surface area contributed by atoms with Crippen molar-refractivity contribution in [3.63, 3.8) is 0 Å². The molecule has 0 aliphatic rings. The number of alkyl carbamates (subject to hydrolysis) is 1. The normalized spacial score (nSPS) is 11.2. The second-order valence-corrected chi connectivity index (χ2v) is 5.61. The summed E-state index contributed by atoms with van der Waals surface area (Å²) in [6.07, 6.45) is 1.29. The van der Waals surface area contributed by atoms with Crippen LogP contribution in [0.4, 0.5) is 4.79 Å². The van der Waals surface area contributed by atoms with Gasteiger partial charge in [-0.3, -0.25) is 4.98 Å². The third-order valence-electron chi connectivity index (χ3n) is 2.62. The predicted octanol–water partition coefficient (Wildman–Crippen LogP) is 3.14. The standard InChI is InChI=1S/C16H20N2O3/c1-16(2,3)21-15(19)18-10-11-20-13-8-4-6-12-7-5-9-17-14(12)13/h4-9H,10-11H2,1-3H3,(H,18,19). The average Bonchev–Trinajstić information content (AvgIpc) is 2.42. The summed E-state index contributed by atoms with van der Waals surface area (Å²) in [6.45, 7) is 6.20. The highest BCUT2D eigenvalue weighted by atomic mass is 16.6. The Bertz CT molecular complexity index is 615. The third-order valence-corrected chi connectivity index (χ3v) is 2.62. The molecule has 0 fully saturated rings. The lowest BCUT2D eigenvalue weighted by molar-refractivity contribution is 0.0520. The number of benzene rings is 1. The van der Waals surface area contributed by atoms with Crippen LogP contribution in [0.15, 0.2) is 36.5 Å². The number of nitrogens with one attached hydrogen (secondary N) is 1. The molecule has 1 aromatic carbocycles. The van der Waals surface area contributed by atoms with Crippen molar-refractivity contribution in [1.82, 2.24) is 10.3 Å². The molecule has 0 saturated carbocycles. The minimum atomic E-state index is -0.496. The van der Waals surface area contributed by atoms with Gasteiger partial charge < -0.3 is 14.8 Å². The van der Waals surface area contributed by atoms with E-state index in [1.165, 1.54) is 0 Å². The molecular formula is C16H20N2O3. The van der Waals surface area contributed by atoms with E-state index in [-0.39, 0.29) is 0 Å². The van der Waals surface area contributed by atoms with Crippen LogP contribution in [0.3, 0.4) is 0 Å². The zero-order valence-electron chi connectivity index (χ0n) is 12.6. The zero-order valence-corrected chi connectivity index (χ0v) is 12.6. The number of carbonyl (C=O) groups is 1. The molecule has 0 bridgehead atoms. The molecule has 1 amide bonds. The van der Waals surface area contributed by atoms with Gasteiger partial charge in [0.25, 0.3) is 0 Å². The number of amides is 1. The lowest BCUT2D eigenvalue weighted by Crippen LogP contribution is -2.34. The van der Waals surface area contributed by atoms with Crippen molar-refractivity contribution >= 4 is 17.0 Å². The van der Waals surface area contributed by atoms with Crippen molar-refractivity contribution in [3.8, 4) is 5.75 Å². The van der Waals surface area contributed by atoms with E-state index >= 15 is 0 Å². The molecule has 21 heavy (non-hydrogen) atoms. The fraction of sp³-hybridized carbons (Fsp3) is 0.375. The molecule has 5 nitrogen and oxygen atoms in total. The van der Waals surface area contributed by atoms with E-state index in [4.69, 9.17) is 9.47 Å². The molecule has 1 heterocycles. The van der Waals surface area contributed by atoms with Gasteiger partial charge in [-0.2, -0.15) is 0 Å². The Morgan fingerprint density at radius 1 is 1.24 bits per heavy atom. The molecule has 0 radical (unpaired) electrons. The smallest absolute Gasteiger partial charge is 0.407 e. The van der Waals surface area contributed by atoms with Crippen LogP contribution in [0.25, 0.3) is 10.9 Å². The number of rotatable bonds is 4. The minimum absolute atomic E-state index is 0.356. The molecule has 1 N–H and O–H groups in total. The van der Waals surface area contributed by atoms with Gasteiger partial charge in [0, 0.05) is 11.6 Å². The fourth-order valence-corrected chi connectivity index (χ4v) is 1.82. The van der Waals surface area contributed by atoms with Crippen LogP contribution >= 0.6 is 0 Å². The summed E-state index contributed by atoms with van der Waals surface area (Å²) in [5.74, 6) is 0.707. The van der Waals surface area contributed by atoms with E-state index in [2.05, 4.69) is 10.3 Å². The van der Waals surface area contributed by atoms with Gasteiger partial charge >= 0.3 is 6.09 Å². The number of hydrogen-bond donors (Lipinski definition) is 1. The second-order valence-electron chi connectivity index (χ2n) is 5.61. The van der Waals surface area contributed by atoms with Crippen molar-refractivity contribution in [2.24, 2.45) is 0 Å². The number of para-hydroxylation sites is 1. The number of fused-ring (bicyclic) bond motifs is 1. The van der Waals surface area contributed by atoms with E-state index in [1.54, 1.807) is 6.20 Å². The largest absolute Gasteiger partial charge is 0.489 e. The first-order chi connectivity index (χ1) is 9.96. The monoisotopic (exact) mass is 288 g/mol. The van der Waals surface area contributed by atoms with Crippen LogP contribution in [0.5, 0.6) is 5.75 Å². The van der Waals surface area contributed by atoms with E-state index < -0.39 is 11.7 Å². The lowest BCUT2D eigenvalue weighted by Gasteiger charge is -2.19. The van der Waals surface area contributed by atoms with Crippen molar-refractivity contribution < 1.29 is 14.3 Å². The first-order valence-corrected chi connectivity index (χ1v) is 6.89. The van der Waals surface area contributed by atoms with Gasteiger partial charge in [0.15, 0.2) is 0 Å². The molecule has 0 atom stereocenters. The maximum Gasteiger partial charge on any atom is 0.407 e. The third kappa shape index (κ3) is 4.63. The molecule has 0 aliphatic carbocycles. The Labute approximate surface area is 124 Å². The molecular weight excluding hydrogens is 268 g/mol. The number of nitrogens with zero attached hydrogens (tertiary/aromatic N) is 1. The SMILES string of the molecule is CC(C)(C)OC(=O)NCCOc1cccc2cccnc12. The van der Waals surface area contributed by atoms with Gasteiger partial charge in [-0.15, -0.1) is 0 Å². The highest BCUT2D eigenvalue weighted by Gasteiger charge is 2.15. The van der Waals surface area contributed by atoms with Crippen molar-refractivity contribution in [2.75, 3.05) is 13.2 Å². The first-order valence-electron chi connectivity index (χ1n) is 6.89. The molecule has 1 aromatic heterocycles. The molecule has 5 heteroatoms. The first kappa shape index (κ1) is 15.1. The molecule has 2 rings (SSSR count). The molecule has 112 valence electrons. The van der Waals surface area contributed by atoms with Gasteiger partial charge in [-0.25, -0.2) is 4.79 Å². The minimum Gasteiger partial charge on any atom is -0.489 e. The molecule has 0 aliphatic heterocycles. The van der Waals surface area contributed by atoms with Crippen molar-refractivity contribution in [3.05, 3.63) is 36.5 Å². The number of hydrogen-bond acceptors (Lipinski definition) is 4. The predicted molar refractivity (Wildman–Crippen MR) is 81.5 cm³/mol. The maximum absolute atomic E-state index is 11.5. The highest BCUT2D eigenvalue weighted by molar-refractivity contribution is 5.84. The number of carbonyl (C=O) groups excluding carboxylic acids is 1. The Kier molecular flexibility index (Phi) is 4.62. The van der Waals surface area contributed by atoms with E-state index in [0.29, 0.717) is 18.9 Å². The van der Waals surface area contributed by atoms with Crippen LogP contribution in [0, 0.1) is 0 Å². The van der Waals surface area contributed by atoms with Crippen molar-refractivity contribution in [1.29, 1.82) is 0 Å². The zero-order chi connectivity index (χ0) is 15.3. The van der Waals surface area contributed by atoms with Gasteiger partial charge in [0.2, 0.25) is 0 Å². The summed E-state index contributed by atoms with van der Waals surface area (Å²) in [5.41, 5.74) is 0.321. The van der Waals surface area contributed by atoms with Crippen LogP contribution < -0.4 is 10.1 Å². The van der Waals surface area contributed by atoms with Gasteiger partial charge in [-0.1, -0.05) is 18.2 Å². The van der Waals surface area contributed by atoms with Crippen LogP contribution in [0.2, 0.25) is 0 Å². The van der Waals surface area contributed by atoms with Crippen LogP contribution in [-0.4, -0.2) is 29.8 Å². The van der Waals surface area contributed by atoms with E-state index in [0.717, 1.165) is 10.9 Å². The summed E-state index contributed by atoms with van der Waals surface area (Å²) in [4.78, 5) is 15.8. The number of ether oxygens (including phenoxy) is 2. The fourth-order valence-electron chi connectivity index (χ4n) is 1.82. The Morgan fingerprint density at radius 2 is 2.00 bits per heavy atom. The van der Waals surface area contributed by atoms with E-state index in [1.807, 2.05) is 51.1 Å². The topological polar surface area (TPSA) is 60.5 Å². The van der Waals surface area contributed by atoms with Crippen LogP contribution in [-0.2, 0) is 4.74 Å². The lowest BCUT2D eigenvalue weighted by atomic mass is 10.2. The molecule has 0 spiro atoms. The van der Waals surface area contributed by atoms with Gasteiger partial charge in [0.05, 0.1) is 6.54 Å². The van der Waals surface area contributed by atoms with Crippen LogP contribution in [0.1, 0.15) is 20.8 Å². The summed E-state index contributed by atoms with van der Waals surface area (Å²) < 4.78 is 10.8. The maximum atomic E-state index is 11.5. The molecule has 0 unspecified atom stereocenters. The quantitative estimate of drug-likeness (QED) is 0.878. The average molecular weight is 288 g/mol. The Hall–Kier alpha value is -2.30. The molecule has 0 saturated heterocycles. The van der Waals surface area contributed by atoms with Crippen molar-refractivity contribution in [2.45, 2.75) is 26.4 Å². The number of pyridine rings is 1. The second kappa shape index (κ2) is 6.43. The highest BCUT2D eigenvalue weighted by Crippen LogP contribution is 2.22. The summed E-state index contributed by atoms with van der Waals surface area (Å²) >= 11 is 0. The Morgan fingerprint density at radius 3 is 2.76 bits per heavy atom. The molecule has 2 aromatic rings. The van der Waals surface area contributed by atoms with Gasteiger partial charge in [0.1, 0.15) is 23.5 Å². The van der Waals surface area contributed by atoms with Gasteiger partial charge in [-0.05, 0) is 32.9 Å². The summed E-state index contributed by atoms with van der Waals surface area (Å²) in [6, 6.07) is 9.63. The number of aromatic nitrogens is 1. The summed E-state index contributed by atoms with van der Waals surface area (Å²) in [7, 11) is 0.